The summed E-state index contributed by atoms with van der Waals surface area (Å²) < 4.78 is 11.2. The van der Waals surface area contributed by atoms with Gasteiger partial charge >= 0.3 is 0 Å². The molecule has 3 nitrogen and oxygen atoms in total. The lowest BCUT2D eigenvalue weighted by atomic mass is 9.86. The minimum Gasteiger partial charge on any atom is -0.486 e. The summed E-state index contributed by atoms with van der Waals surface area (Å²) in [6.45, 7) is 1.06. The highest BCUT2D eigenvalue weighted by Crippen LogP contribution is 2.33. The van der Waals surface area contributed by atoms with Gasteiger partial charge in [-0.2, -0.15) is 0 Å². The largest absolute Gasteiger partial charge is 0.486 e. The lowest BCUT2D eigenvalue weighted by Crippen LogP contribution is -2.16. The number of ether oxygens (including phenoxy) is 2. The summed E-state index contributed by atoms with van der Waals surface area (Å²) >= 11 is 0. The van der Waals surface area contributed by atoms with Crippen LogP contribution in [-0.2, 0) is 0 Å². The molecule has 0 bridgehead atoms. The van der Waals surface area contributed by atoms with Gasteiger partial charge in [0.1, 0.15) is 13.2 Å². The van der Waals surface area contributed by atoms with Gasteiger partial charge in [-0.25, -0.2) is 0 Å². The first kappa shape index (κ1) is 16.4. The average Bonchev–Trinajstić information content (AvgIpc) is 2.72. The van der Waals surface area contributed by atoms with Gasteiger partial charge < -0.3 is 9.47 Å². The Labute approximate surface area is 153 Å². The smallest absolute Gasteiger partial charge is 0.163 e. The van der Waals surface area contributed by atoms with E-state index in [1.54, 1.807) is 6.07 Å². The highest BCUT2D eigenvalue weighted by molar-refractivity contribution is 5.97. The number of carbonyl (C=O) groups is 1. The number of rotatable bonds is 5. The van der Waals surface area contributed by atoms with Crippen LogP contribution < -0.4 is 9.47 Å². The molecule has 0 N–H and O–H groups in total. The molecule has 3 aromatic carbocycles. The monoisotopic (exact) mass is 344 g/mol. The van der Waals surface area contributed by atoms with E-state index < -0.39 is 0 Å². The summed E-state index contributed by atoms with van der Waals surface area (Å²) in [5.74, 6) is 1.48. The Balaban J connectivity index is 1.62. The number of ketones is 1. The maximum atomic E-state index is 13.0. The zero-order valence-electron chi connectivity index (χ0n) is 14.4. The molecule has 0 aromatic heterocycles. The van der Waals surface area contributed by atoms with E-state index >= 15 is 0 Å². The summed E-state index contributed by atoms with van der Waals surface area (Å²) in [6.07, 6.45) is 0.410. The van der Waals surface area contributed by atoms with E-state index in [4.69, 9.17) is 9.47 Å². The third-order valence-electron chi connectivity index (χ3n) is 4.66. The zero-order valence-corrected chi connectivity index (χ0v) is 14.4. The topological polar surface area (TPSA) is 35.5 Å². The Morgan fingerprint density at radius 3 is 1.96 bits per heavy atom. The Morgan fingerprint density at radius 1 is 0.769 bits per heavy atom. The molecule has 0 unspecified atom stereocenters. The molecule has 0 saturated carbocycles. The van der Waals surface area contributed by atoms with Crippen LogP contribution in [0.3, 0.4) is 0 Å². The van der Waals surface area contributed by atoms with Gasteiger partial charge in [0.15, 0.2) is 17.3 Å². The maximum absolute atomic E-state index is 13.0. The van der Waals surface area contributed by atoms with Crippen LogP contribution in [0.1, 0.15) is 33.8 Å². The molecule has 0 saturated heterocycles. The van der Waals surface area contributed by atoms with Crippen LogP contribution >= 0.6 is 0 Å². The summed E-state index contributed by atoms with van der Waals surface area (Å²) in [5.41, 5.74) is 2.94. The fraction of sp³-hybridized carbons (Fsp3) is 0.174. The van der Waals surface area contributed by atoms with Crippen molar-refractivity contribution in [3.63, 3.8) is 0 Å². The molecule has 0 aliphatic carbocycles. The summed E-state index contributed by atoms with van der Waals surface area (Å²) in [6, 6.07) is 25.8. The van der Waals surface area contributed by atoms with E-state index in [-0.39, 0.29) is 11.7 Å². The van der Waals surface area contributed by atoms with Crippen LogP contribution in [0.4, 0.5) is 0 Å². The zero-order chi connectivity index (χ0) is 17.8. The van der Waals surface area contributed by atoms with E-state index in [2.05, 4.69) is 24.3 Å². The first-order chi connectivity index (χ1) is 12.8. The van der Waals surface area contributed by atoms with Crippen molar-refractivity contribution >= 4 is 5.78 Å². The molecule has 26 heavy (non-hydrogen) atoms. The minimum absolute atomic E-state index is 0.0260. The molecular weight excluding hydrogens is 324 g/mol. The molecule has 0 fully saturated rings. The lowest BCUT2D eigenvalue weighted by Gasteiger charge is -2.20. The van der Waals surface area contributed by atoms with Crippen molar-refractivity contribution in [1.29, 1.82) is 0 Å². The highest BCUT2D eigenvalue weighted by atomic mass is 16.6. The highest BCUT2D eigenvalue weighted by Gasteiger charge is 2.21. The summed E-state index contributed by atoms with van der Waals surface area (Å²) in [5, 5.41) is 0. The van der Waals surface area contributed by atoms with E-state index in [1.165, 1.54) is 0 Å². The summed E-state index contributed by atoms with van der Waals surface area (Å²) in [7, 11) is 0. The van der Waals surface area contributed by atoms with Crippen molar-refractivity contribution in [2.75, 3.05) is 13.2 Å². The van der Waals surface area contributed by atoms with Crippen molar-refractivity contribution in [2.24, 2.45) is 0 Å². The lowest BCUT2D eigenvalue weighted by molar-refractivity contribution is 0.0976. The van der Waals surface area contributed by atoms with Gasteiger partial charge in [0.25, 0.3) is 0 Å². The van der Waals surface area contributed by atoms with Gasteiger partial charge in [0.2, 0.25) is 0 Å². The Morgan fingerprint density at radius 2 is 1.35 bits per heavy atom. The second-order valence-electron chi connectivity index (χ2n) is 6.36. The molecule has 3 heteroatoms. The van der Waals surface area contributed by atoms with E-state index in [0.717, 1.165) is 11.1 Å². The number of benzene rings is 3. The van der Waals surface area contributed by atoms with Crippen molar-refractivity contribution in [2.45, 2.75) is 12.3 Å². The Kier molecular flexibility index (Phi) is 4.69. The van der Waals surface area contributed by atoms with E-state index in [9.17, 15) is 4.79 Å². The van der Waals surface area contributed by atoms with Crippen LogP contribution in [0.15, 0.2) is 78.9 Å². The maximum Gasteiger partial charge on any atom is 0.163 e. The van der Waals surface area contributed by atoms with Crippen molar-refractivity contribution in [3.8, 4) is 11.5 Å². The normalized spacial score (nSPS) is 12.8. The van der Waals surface area contributed by atoms with Gasteiger partial charge in [-0.15, -0.1) is 0 Å². The molecule has 0 atom stereocenters. The van der Waals surface area contributed by atoms with Crippen LogP contribution in [0.2, 0.25) is 0 Å². The number of hydrogen-bond acceptors (Lipinski definition) is 3. The van der Waals surface area contributed by atoms with Crippen molar-refractivity contribution in [3.05, 3.63) is 95.6 Å². The second kappa shape index (κ2) is 7.44. The summed E-state index contributed by atoms with van der Waals surface area (Å²) in [4.78, 5) is 13.0. The fourth-order valence-electron chi connectivity index (χ4n) is 3.32. The Bertz CT molecular complexity index is 848. The van der Waals surface area contributed by atoms with Gasteiger partial charge in [0.05, 0.1) is 0 Å². The standard InChI is InChI=1S/C23H20O3/c24-21(19-11-12-22-23(15-19)26-14-13-25-22)16-20(17-7-3-1-4-8-17)18-9-5-2-6-10-18/h1-12,15,20H,13-14,16H2. The minimum atomic E-state index is 0.0260. The average molecular weight is 344 g/mol. The molecule has 3 aromatic rings. The van der Waals surface area contributed by atoms with Gasteiger partial charge in [-0.05, 0) is 29.3 Å². The van der Waals surface area contributed by atoms with Crippen LogP contribution in [0, 0.1) is 0 Å². The van der Waals surface area contributed by atoms with Crippen LogP contribution in [-0.4, -0.2) is 19.0 Å². The first-order valence-corrected chi connectivity index (χ1v) is 8.84. The van der Waals surface area contributed by atoms with Crippen molar-refractivity contribution < 1.29 is 14.3 Å². The Hall–Kier alpha value is -3.07. The fourth-order valence-corrected chi connectivity index (χ4v) is 3.32. The quantitative estimate of drug-likeness (QED) is 0.620. The number of hydrogen-bond donors (Lipinski definition) is 0. The second-order valence-corrected chi connectivity index (χ2v) is 6.36. The van der Waals surface area contributed by atoms with E-state index in [0.29, 0.717) is 36.7 Å². The molecule has 0 radical (unpaired) electrons. The number of Topliss-reactive ketones (excluding diaryl/α,β-unsaturated/α-hetero) is 1. The van der Waals surface area contributed by atoms with Gasteiger partial charge in [-0.1, -0.05) is 60.7 Å². The molecule has 1 aliphatic heterocycles. The van der Waals surface area contributed by atoms with E-state index in [1.807, 2.05) is 48.5 Å². The SMILES string of the molecule is O=C(CC(c1ccccc1)c1ccccc1)c1ccc2c(c1)OCCO2. The molecule has 1 heterocycles. The first-order valence-electron chi connectivity index (χ1n) is 8.84. The predicted molar refractivity (Wildman–Crippen MR) is 101 cm³/mol. The van der Waals surface area contributed by atoms with Crippen LogP contribution in [0.25, 0.3) is 0 Å². The molecule has 0 amide bonds. The molecule has 0 spiro atoms. The van der Waals surface area contributed by atoms with Gasteiger partial charge in [-0.3, -0.25) is 4.79 Å². The van der Waals surface area contributed by atoms with Crippen molar-refractivity contribution in [1.82, 2.24) is 0 Å². The number of carbonyl (C=O) groups excluding carboxylic acids is 1. The molecular formula is C23H20O3. The number of fused-ring (bicyclic) bond motifs is 1. The molecule has 130 valence electrons. The predicted octanol–water partition coefficient (Wildman–Crippen LogP) is 4.86. The van der Waals surface area contributed by atoms with Gasteiger partial charge in [0, 0.05) is 17.9 Å². The van der Waals surface area contributed by atoms with Crippen LogP contribution in [0.5, 0.6) is 11.5 Å². The third-order valence-corrected chi connectivity index (χ3v) is 4.66. The molecule has 4 rings (SSSR count). The third kappa shape index (κ3) is 3.47. The molecule has 1 aliphatic rings.